The molecule has 31 heavy (non-hydrogen) atoms. The van der Waals surface area contributed by atoms with Crippen molar-refractivity contribution in [1.82, 2.24) is 4.90 Å². The lowest BCUT2D eigenvalue weighted by Crippen LogP contribution is -2.48. The molecule has 0 aliphatic heterocycles. The topological polar surface area (TPSA) is 46.6 Å². The zero-order valence-electron chi connectivity index (χ0n) is 20.4. The zero-order valence-corrected chi connectivity index (χ0v) is 20.4. The summed E-state index contributed by atoms with van der Waals surface area (Å²) in [6, 6.07) is 0.810. The van der Waals surface area contributed by atoms with Crippen LogP contribution in [0.4, 0.5) is 0 Å². The van der Waals surface area contributed by atoms with Gasteiger partial charge in [-0.2, -0.15) is 0 Å². The molecule has 1 amide bonds. The fourth-order valence-corrected chi connectivity index (χ4v) is 5.43. The van der Waals surface area contributed by atoms with E-state index in [1.165, 1.54) is 83.5 Å². The Labute approximate surface area is 191 Å². The smallest absolute Gasteiger partial charge is 0.306 e. The van der Waals surface area contributed by atoms with Crippen LogP contribution < -0.4 is 0 Å². The van der Waals surface area contributed by atoms with Crippen molar-refractivity contribution >= 4 is 11.9 Å². The molecule has 0 heterocycles. The Morgan fingerprint density at radius 2 is 1.16 bits per heavy atom. The molecule has 2 aliphatic rings. The molecule has 0 unspecified atom stereocenters. The summed E-state index contributed by atoms with van der Waals surface area (Å²) in [5.41, 5.74) is 0. The maximum Gasteiger partial charge on any atom is 0.306 e. The van der Waals surface area contributed by atoms with Crippen LogP contribution in [0.1, 0.15) is 142 Å². The van der Waals surface area contributed by atoms with Gasteiger partial charge in [0.1, 0.15) is 0 Å². The molecule has 2 saturated carbocycles. The van der Waals surface area contributed by atoms with Crippen LogP contribution >= 0.6 is 0 Å². The van der Waals surface area contributed by atoms with Gasteiger partial charge in [-0.3, -0.25) is 9.59 Å². The van der Waals surface area contributed by atoms with Crippen LogP contribution in [-0.4, -0.2) is 35.5 Å². The monoisotopic (exact) mass is 435 g/mol. The molecular weight excluding hydrogens is 386 g/mol. The molecule has 4 nitrogen and oxygen atoms in total. The summed E-state index contributed by atoms with van der Waals surface area (Å²) in [4.78, 5) is 27.5. The van der Waals surface area contributed by atoms with Crippen LogP contribution in [0, 0.1) is 0 Å². The minimum atomic E-state index is -0.194. The fraction of sp³-hybridized carbons (Fsp3) is 0.926. The Balaban J connectivity index is 1.59. The second kappa shape index (κ2) is 16.6. The van der Waals surface area contributed by atoms with Crippen LogP contribution in [0.15, 0.2) is 0 Å². The summed E-state index contributed by atoms with van der Waals surface area (Å²) in [5, 5.41) is 0. The Hall–Kier alpha value is -1.06. The van der Waals surface area contributed by atoms with Crippen molar-refractivity contribution in [3.8, 4) is 0 Å². The van der Waals surface area contributed by atoms with Crippen LogP contribution in [0.2, 0.25) is 0 Å². The lowest BCUT2D eigenvalue weighted by Gasteiger charge is -2.42. The van der Waals surface area contributed by atoms with E-state index in [9.17, 15) is 9.59 Å². The van der Waals surface area contributed by atoms with Crippen molar-refractivity contribution < 1.29 is 14.3 Å². The number of ether oxygens (including phenoxy) is 1. The van der Waals surface area contributed by atoms with Crippen LogP contribution in [0.25, 0.3) is 0 Å². The van der Waals surface area contributed by atoms with Gasteiger partial charge in [-0.05, 0) is 32.1 Å². The van der Waals surface area contributed by atoms with E-state index in [1.54, 1.807) is 0 Å². The third-order valence-electron chi connectivity index (χ3n) is 7.28. The summed E-state index contributed by atoms with van der Waals surface area (Å²) >= 11 is 0. The van der Waals surface area contributed by atoms with Gasteiger partial charge < -0.3 is 9.64 Å². The molecule has 0 saturated heterocycles. The Morgan fingerprint density at radius 1 is 0.677 bits per heavy atom. The third kappa shape index (κ3) is 10.9. The SMILES string of the molecule is CCCCCCCCCCCOC(=O)CCC(=O)N(C1CCCCC1)C1CCCCC1. The van der Waals surface area contributed by atoms with Crippen molar-refractivity contribution in [2.45, 2.75) is 154 Å². The van der Waals surface area contributed by atoms with E-state index >= 15 is 0 Å². The van der Waals surface area contributed by atoms with E-state index in [2.05, 4.69) is 11.8 Å². The number of hydrogen-bond acceptors (Lipinski definition) is 3. The molecule has 0 spiro atoms. The Bertz CT molecular complexity index is 463. The lowest BCUT2D eigenvalue weighted by molar-refractivity contribution is -0.148. The van der Waals surface area contributed by atoms with E-state index in [4.69, 9.17) is 4.74 Å². The molecule has 0 aromatic rings. The van der Waals surface area contributed by atoms with Gasteiger partial charge in [0.15, 0.2) is 0 Å². The molecule has 0 aromatic heterocycles. The number of unbranched alkanes of at least 4 members (excludes halogenated alkanes) is 8. The molecular formula is C27H49NO3. The number of carbonyl (C=O) groups is 2. The number of nitrogens with zero attached hydrogens (tertiary/aromatic N) is 1. The van der Waals surface area contributed by atoms with E-state index in [0.717, 1.165) is 38.5 Å². The minimum Gasteiger partial charge on any atom is -0.466 e. The predicted molar refractivity (Wildman–Crippen MR) is 128 cm³/mol. The highest BCUT2D eigenvalue weighted by Gasteiger charge is 2.32. The number of rotatable bonds is 15. The van der Waals surface area contributed by atoms with Gasteiger partial charge in [0.25, 0.3) is 0 Å². The Morgan fingerprint density at radius 3 is 1.68 bits per heavy atom. The van der Waals surface area contributed by atoms with Crippen LogP contribution in [0.5, 0.6) is 0 Å². The van der Waals surface area contributed by atoms with E-state index in [-0.39, 0.29) is 18.3 Å². The second-order valence-corrected chi connectivity index (χ2v) is 9.93. The molecule has 0 radical (unpaired) electrons. The van der Waals surface area contributed by atoms with Gasteiger partial charge in [-0.25, -0.2) is 0 Å². The molecule has 2 fully saturated rings. The summed E-state index contributed by atoms with van der Waals surface area (Å²) in [5.74, 6) is -0.000947. The normalized spacial score (nSPS) is 18.1. The number of amides is 1. The van der Waals surface area contributed by atoms with E-state index < -0.39 is 0 Å². The largest absolute Gasteiger partial charge is 0.466 e. The summed E-state index contributed by atoms with van der Waals surface area (Å²) in [6.07, 6.45) is 24.0. The van der Waals surface area contributed by atoms with Crippen molar-refractivity contribution in [3.05, 3.63) is 0 Å². The highest BCUT2D eigenvalue weighted by Crippen LogP contribution is 2.31. The number of hydrogen-bond donors (Lipinski definition) is 0. The van der Waals surface area contributed by atoms with Gasteiger partial charge in [0.05, 0.1) is 13.0 Å². The second-order valence-electron chi connectivity index (χ2n) is 9.93. The van der Waals surface area contributed by atoms with Crippen molar-refractivity contribution in [2.24, 2.45) is 0 Å². The highest BCUT2D eigenvalue weighted by molar-refractivity contribution is 5.81. The maximum absolute atomic E-state index is 13.1. The first-order chi connectivity index (χ1) is 15.2. The molecule has 2 rings (SSSR count). The molecule has 4 heteroatoms. The first kappa shape index (κ1) is 26.2. The summed E-state index contributed by atoms with van der Waals surface area (Å²) < 4.78 is 5.41. The van der Waals surface area contributed by atoms with Gasteiger partial charge in [-0.15, -0.1) is 0 Å². The standard InChI is InChI=1S/C27H49NO3/c1-2-3-4-5-6-7-8-9-16-23-31-27(30)22-21-26(29)28(24-17-12-10-13-18-24)25-19-14-11-15-20-25/h24-25H,2-23H2,1H3. The Kier molecular flexibility index (Phi) is 14.0. The quantitative estimate of drug-likeness (QED) is 0.200. The minimum absolute atomic E-state index is 0.193. The molecule has 0 bridgehead atoms. The summed E-state index contributed by atoms with van der Waals surface area (Å²) in [7, 11) is 0. The molecule has 2 aliphatic carbocycles. The first-order valence-corrected chi connectivity index (χ1v) is 13.7. The van der Waals surface area contributed by atoms with Crippen molar-refractivity contribution in [2.75, 3.05) is 6.61 Å². The molecule has 0 N–H and O–H groups in total. The lowest BCUT2D eigenvalue weighted by atomic mass is 9.88. The average Bonchev–Trinajstić information content (AvgIpc) is 2.80. The fourth-order valence-electron chi connectivity index (χ4n) is 5.43. The maximum atomic E-state index is 13.1. The van der Waals surface area contributed by atoms with Crippen LogP contribution in [-0.2, 0) is 14.3 Å². The number of esters is 1. The molecule has 0 aromatic carbocycles. The van der Waals surface area contributed by atoms with Gasteiger partial charge >= 0.3 is 5.97 Å². The summed E-state index contributed by atoms with van der Waals surface area (Å²) in [6.45, 7) is 2.76. The third-order valence-corrected chi connectivity index (χ3v) is 7.28. The zero-order chi connectivity index (χ0) is 22.2. The first-order valence-electron chi connectivity index (χ1n) is 13.7. The van der Waals surface area contributed by atoms with Gasteiger partial charge in [0.2, 0.25) is 5.91 Å². The predicted octanol–water partition coefficient (Wildman–Crippen LogP) is 7.33. The highest BCUT2D eigenvalue weighted by atomic mass is 16.5. The van der Waals surface area contributed by atoms with Crippen molar-refractivity contribution in [1.29, 1.82) is 0 Å². The van der Waals surface area contributed by atoms with Crippen LogP contribution in [0.3, 0.4) is 0 Å². The van der Waals surface area contributed by atoms with Crippen molar-refractivity contribution in [3.63, 3.8) is 0 Å². The van der Waals surface area contributed by atoms with Gasteiger partial charge in [0, 0.05) is 18.5 Å². The van der Waals surface area contributed by atoms with E-state index in [1.807, 2.05) is 0 Å². The molecule has 0 atom stereocenters. The van der Waals surface area contributed by atoms with Gasteiger partial charge in [-0.1, -0.05) is 96.8 Å². The number of carbonyl (C=O) groups excluding carboxylic acids is 2. The molecule has 180 valence electrons. The average molecular weight is 436 g/mol. The van der Waals surface area contributed by atoms with E-state index in [0.29, 0.717) is 25.1 Å².